The molecular formula is C11H19NO2. The highest BCUT2D eigenvalue weighted by molar-refractivity contribution is 5.02. The first-order valence-electron chi connectivity index (χ1n) is 5.79. The zero-order valence-electron chi connectivity index (χ0n) is 8.54. The molecule has 0 aromatic carbocycles. The Kier molecular flexibility index (Phi) is 2.08. The quantitative estimate of drug-likeness (QED) is 0.638. The number of aliphatic hydroxyl groups is 1. The molecule has 0 amide bonds. The summed E-state index contributed by atoms with van der Waals surface area (Å²) in [5.41, 5.74) is -0.395. The van der Waals surface area contributed by atoms with Crippen molar-refractivity contribution in [3.8, 4) is 0 Å². The van der Waals surface area contributed by atoms with Crippen LogP contribution < -0.4 is 5.32 Å². The molecule has 0 bridgehead atoms. The van der Waals surface area contributed by atoms with E-state index in [4.69, 9.17) is 4.74 Å². The van der Waals surface area contributed by atoms with Crippen molar-refractivity contribution in [1.29, 1.82) is 0 Å². The first-order valence-corrected chi connectivity index (χ1v) is 5.79. The number of hydrogen-bond donors (Lipinski definition) is 2. The molecule has 3 unspecified atom stereocenters. The maximum Gasteiger partial charge on any atom is 0.0705 e. The summed E-state index contributed by atoms with van der Waals surface area (Å²) in [4.78, 5) is 0. The van der Waals surface area contributed by atoms with Crippen molar-refractivity contribution in [3.63, 3.8) is 0 Å². The molecule has 3 atom stereocenters. The van der Waals surface area contributed by atoms with Gasteiger partial charge >= 0.3 is 0 Å². The molecule has 2 aliphatic heterocycles. The lowest BCUT2D eigenvalue weighted by atomic mass is 9.84. The van der Waals surface area contributed by atoms with Crippen LogP contribution in [0.5, 0.6) is 0 Å². The molecule has 0 aromatic rings. The molecule has 0 spiro atoms. The summed E-state index contributed by atoms with van der Waals surface area (Å²) in [7, 11) is 0. The summed E-state index contributed by atoms with van der Waals surface area (Å²) in [6.45, 7) is 3.85. The highest BCUT2D eigenvalue weighted by Gasteiger charge is 2.50. The minimum atomic E-state index is -0.395. The zero-order chi connectivity index (χ0) is 9.60. The van der Waals surface area contributed by atoms with Gasteiger partial charge in [0.1, 0.15) is 0 Å². The Balaban J connectivity index is 1.72. The second-order valence-corrected chi connectivity index (χ2v) is 5.25. The number of rotatable bonds is 1. The van der Waals surface area contributed by atoms with Gasteiger partial charge in [-0.2, -0.15) is 0 Å². The first kappa shape index (κ1) is 9.13. The van der Waals surface area contributed by atoms with Crippen LogP contribution >= 0.6 is 0 Å². The minimum Gasteiger partial charge on any atom is -0.389 e. The molecular weight excluding hydrogens is 178 g/mol. The minimum absolute atomic E-state index is 0.395. The Morgan fingerprint density at radius 2 is 1.93 bits per heavy atom. The van der Waals surface area contributed by atoms with E-state index in [0.29, 0.717) is 5.92 Å². The van der Waals surface area contributed by atoms with E-state index in [0.717, 1.165) is 57.4 Å². The third kappa shape index (κ3) is 1.30. The van der Waals surface area contributed by atoms with Gasteiger partial charge in [-0.25, -0.2) is 0 Å². The van der Waals surface area contributed by atoms with Crippen LogP contribution in [0.3, 0.4) is 0 Å². The number of hydrogen-bond acceptors (Lipinski definition) is 3. The lowest BCUT2D eigenvalue weighted by molar-refractivity contribution is -0.0220. The Labute approximate surface area is 84.8 Å². The van der Waals surface area contributed by atoms with E-state index in [1.807, 2.05) is 0 Å². The molecule has 3 heteroatoms. The van der Waals surface area contributed by atoms with Gasteiger partial charge < -0.3 is 15.2 Å². The summed E-state index contributed by atoms with van der Waals surface area (Å²) < 4.78 is 5.38. The number of fused-ring (bicyclic) bond motifs is 1. The van der Waals surface area contributed by atoms with Crippen molar-refractivity contribution in [1.82, 2.24) is 5.32 Å². The van der Waals surface area contributed by atoms with Crippen LogP contribution in [-0.4, -0.2) is 37.0 Å². The maximum atomic E-state index is 10.6. The van der Waals surface area contributed by atoms with Crippen LogP contribution in [0.4, 0.5) is 0 Å². The molecule has 14 heavy (non-hydrogen) atoms. The molecule has 3 rings (SSSR count). The van der Waals surface area contributed by atoms with Gasteiger partial charge in [0.05, 0.1) is 12.2 Å². The van der Waals surface area contributed by atoms with Gasteiger partial charge in [-0.1, -0.05) is 0 Å². The molecule has 3 aliphatic rings. The first-order chi connectivity index (χ1) is 6.78. The molecule has 0 radical (unpaired) electrons. The molecule has 80 valence electrons. The molecule has 1 saturated carbocycles. The van der Waals surface area contributed by atoms with Crippen molar-refractivity contribution in [3.05, 3.63) is 0 Å². The van der Waals surface area contributed by atoms with E-state index in [2.05, 4.69) is 5.32 Å². The fourth-order valence-corrected chi connectivity index (χ4v) is 3.55. The third-order valence-corrected chi connectivity index (χ3v) is 4.40. The van der Waals surface area contributed by atoms with Crippen molar-refractivity contribution in [2.45, 2.75) is 24.9 Å². The van der Waals surface area contributed by atoms with Crippen LogP contribution in [0.25, 0.3) is 0 Å². The van der Waals surface area contributed by atoms with E-state index in [9.17, 15) is 5.11 Å². The Morgan fingerprint density at radius 3 is 2.50 bits per heavy atom. The van der Waals surface area contributed by atoms with E-state index in [1.54, 1.807) is 0 Å². The molecule has 3 fully saturated rings. The van der Waals surface area contributed by atoms with Crippen molar-refractivity contribution >= 4 is 0 Å². The fraction of sp³-hybridized carbons (Fsp3) is 1.00. The van der Waals surface area contributed by atoms with Gasteiger partial charge in [0, 0.05) is 12.5 Å². The maximum absolute atomic E-state index is 10.6. The highest BCUT2D eigenvalue weighted by atomic mass is 16.5. The Bertz CT molecular complexity index is 213. The number of nitrogens with one attached hydrogen (secondary N) is 1. The van der Waals surface area contributed by atoms with Gasteiger partial charge in [0.15, 0.2) is 0 Å². The van der Waals surface area contributed by atoms with Crippen LogP contribution in [0.1, 0.15) is 19.3 Å². The normalized spacial score (nSPS) is 52.5. The van der Waals surface area contributed by atoms with Crippen molar-refractivity contribution in [2.75, 3.05) is 26.3 Å². The van der Waals surface area contributed by atoms with Gasteiger partial charge in [-0.3, -0.25) is 0 Å². The Morgan fingerprint density at radius 1 is 1.21 bits per heavy atom. The third-order valence-electron chi connectivity index (χ3n) is 4.40. The predicted octanol–water partition coefficient (Wildman–Crippen LogP) is 0.383. The molecule has 2 saturated heterocycles. The SMILES string of the molecule is OC1(C2CCOC2)CC2CNCC2C1. The number of ether oxygens (including phenoxy) is 1. The summed E-state index contributed by atoms with van der Waals surface area (Å²) >= 11 is 0. The second-order valence-electron chi connectivity index (χ2n) is 5.25. The van der Waals surface area contributed by atoms with Gasteiger partial charge in [0.2, 0.25) is 0 Å². The van der Waals surface area contributed by atoms with E-state index >= 15 is 0 Å². The van der Waals surface area contributed by atoms with Crippen LogP contribution in [0.15, 0.2) is 0 Å². The monoisotopic (exact) mass is 197 g/mol. The Hall–Kier alpha value is -0.120. The standard InChI is InChI=1S/C11H19NO2/c13-11(10-1-2-14-7-10)3-8-5-12-6-9(8)4-11/h8-10,12-13H,1-7H2. The average molecular weight is 197 g/mol. The van der Waals surface area contributed by atoms with Crippen LogP contribution in [0, 0.1) is 17.8 Å². The molecule has 3 nitrogen and oxygen atoms in total. The molecule has 2 heterocycles. The lowest BCUT2D eigenvalue weighted by Crippen LogP contribution is -2.37. The van der Waals surface area contributed by atoms with Crippen LogP contribution in [-0.2, 0) is 4.74 Å². The zero-order valence-corrected chi connectivity index (χ0v) is 8.54. The summed E-state index contributed by atoms with van der Waals surface area (Å²) in [6, 6.07) is 0. The van der Waals surface area contributed by atoms with E-state index in [-0.39, 0.29) is 0 Å². The van der Waals surface area contributed by atoms with E-state index < -0.39 is 5.60 Å². The van der Waals surface area contributed by atoms with Gasteiger partial charge in [-0.05, 0) is 44.2 Å². The lowest BCUT2D eigenvalue weighted by Gasteiger charge is -2.29. The second kappa shape index (κ2) is 3.19. The van der Waals surface area contributed by atoms with Gasteiger partial charge in [-0.15, -0.1) is 0 Å². The summed E-state index contributed by atoms with van der Waals surface area (Å²) in [5.74, 6) is 1.86. The van der Waals surface area contributed by atoms with Crippen molar-refractivity contribution < 1.29 is 9.84 Å². The fourth-order valence-electron chi connectivity index (χ4n) is 3.55. The predicted molar refractivity (Wildman–Crippen MR) is 53.0 cm³/mol. The van der Waals surface area contributed by atoms with Gasteiger partial charge in [0.25, 0.3) is 0 Å². The molecule has 2 N–H and O–H groups in total. The average Bonchev–Trinajstić information content (AvgIpc) is 2.74. The highest BCUT2D eigenvalue weighted by Crippen LogP contribution is 2.46. The largest absolute Gasteiger partial charge is 0.389 e. The molecule has 0 aromatic heterocycles. The summed E-state index contributed by atoms with van der Waals surface area (Å²) in [5, 5.41) is 14.0. The summed E-state index contributed by atoms with van der Waals surface area (Å²) in [6.07, 6.45) is 3.06. The van der Waals surface area contributed by atoms with Crippen molar-refractivity contribution in [2.24, 2.45) is 17.8 Å². The topological polar surface area (TPSA) is 41.5 Å². The van der Waals surface area contributed by atoms with Crippen LogP contribution in [0.2, 0.25) is 0 Å². The smallest absolute Gasteiger partial charge is 0.0705 e. The van der Waals surface area contributed by atoms with E-state index in [1.165, 1.54) is 0 Å². The molecule has 1 aliphatic carbocycles.